The predicted molar refractivity (Wildman–Crippen MR) is 117 cm³/mol. The van der Waals surface area contributed by atoms with E-state index in [1.807, 2.05) is 32.3 Å². The maximum atomic E-state index is 5.96. The molecule has 0 fully saturated rings. The highest BCUT2D eigenvalue weighted by Gasteiger charge is 2.04. The summed E-state index contributed by atoms with van der Waals surface area (Å²) in [6.07, 6.45) is 2.80. The third kappa shape index (κ3) is 6.68. The fourth-order valence-electron chi connectivity index (χ4n) is 2.87. The molecule has 0 unspecified atom stereocenters. The Morgan fingerprint density at radius 3 is 2.29 bits per heavy atom. The molecule has 0 saturated heterocycles. The standard InChI is InChI=1S/C22H32N4O2/c1-26(2)19-10-7-17(8-11-19)6-5-14-24-22(23)25-15-13-18-9-12-20(27-3)21(16-18)28-4/h7-12,16H,5-6,13-15H2,1-4H3,(H3,23,24,25). The lowest BCUT2D eigenvalue weighted by atomic mass is 10.1. The van der Waals surface area contributed by atoms with Crippen molar-refractivity contribution in [2.75, 3.05) is 46.3 Å². The molecule has 0 aromatic heterocycles. The van der Waals surface area contributed by atoms with Crippen LogP contribution in [0.3, 0.4) is 0 Å². The van der Waals surface area contributed by atoms with E-state index < -0.39 is 0 Å². The first kappa shape index (κ1) is 21.4. The van der Waals surface area contributed by atoms with E-state index in [1.165, 1.54) is 11.3 Å². The van der Waals surface area contributed by atoms with E-state index in [2.05, 4.69) is 39.5 Å². The van der Waals surface area contributed by atoms with Crippen LogP contribution in [0.1, 0.15) is 17.5 Å². The third-order valence-corrected chi connectivity index (χ3v) is 4.53. The van der Waals surface area contributed by atoms with Crippen molar-refractivity contribution in [1.82, 2.24) is 5.32 Å². The molecule has 0 saturated carbocycles. The maximum Gasteiger partial charge on any atom is 0.188 e. The van der Waals surface area contributed by atoms with Gasteiger partial charge in [-0.15, -0.1) is 0 Å². The van der Waals surface area contributed by atoms with Gasteiger partial charge in [0, 0.05) is 32.9 Å². The van der Waals surface area contributed by atoms with Crippen LogP contribution < -0.4 is 25.4 Å². The van der Waals surface area contributed by atoms with Gasteiger partial charge in [-0.3, -0.25) is 4.99 Å². The minimum Gasteiger partial charge on any atom is -0.493 e. The van der Waals surface area contributed by atoms with Crippen LogP contribution in [0.25, 0.3) is 0 Å². The number of aryl methyl sites for hydroxylation is 1. The molecular weight excluding hydrogens is 352 g/mol. The molecule has 0 aliphatic heterocycles. The lowest BCUT2D eigenvalue weighted by Crippen LogP contribution is -2.33. The number of aliphatic imine (C=N–C) groups is 1. The second kappa shape index (κ2) is 11.1. The summed E-state index contributed by atoms with van der Waals surface area (Å²) >= 11 is 0. The van der Waals surface area contributed by atoms with Gasteiger partial charge in [0.2, 0.25) is 0 Å². The van der Waals surface area contributed by atoms with Crippen LogP contribution in [-0.4, -0.2) is 47.4 Å². The number of hydrogen-bond donors (Lipinski definition) is 2. The molecular formula is C22H32N4O2. The molecule has 28 heavy (non-hydrogen) atoms. The zero-order valence-corrected chi connectivity index (χ0v) is 17.4. The Morgan fingerprint density at radius 1 is 0.964 bits per heavy atom. The van der Waals surface area contributed by atoms with Crippen molar-refractivity contribution in [3.8, 4) is 11.5 Å². The van der Waals surface area contributed by atoms with Gasteiger partial charge in [0.1, 0.15) is 0 Å². The van der Waals surface area contributed by atoms with E-state index in [1.54, 1.807) is 14.2 Å². The van der Waals surface area contributed by atoms with Gasteiger partial charge in [-0.2, -0.15) is 0 Å². The average Bonchev–Trinajstić information content (AvgIpc) is 2.71. The van der Waals surface area contributed by atoms with Crippen LogP contribution >= 0.6 is 0 Å². The van der Waals surface area contributed by atoms with E-state index >= 15 is 0 Å². The molecule has 0 aliphatic rings. The number of nitrogens with zero attached hydrogens (tertiary/aromatic N) is 2. The normalized spacial score (nSPS) is 11.2. The van der Waals surface area contributed by atoms with E-state index in [-0.39, 0.29) is 0 Å². The second-order valence-corrected chi connectivity index (χ2v) is 6.80. The van der Waals surface area contributed by atoms with Crippen LogP contribution in [0, 0.1) is 0 Å². The van der Waals surface area contributed by atoms with Crippen molar-refractivity contribution in [3.63, 3.8) is 0 Å². The van der Waals surface area contributed by atoms with E-state index in [4.69, 9.17) is 15.2 Å². The highest BCUT2D eigenvalue weighted by atomic mass is 16.5. The van der Waals surface area contributed by atoms with Crippen LogP contribution in [0.4, 0.5) is 5.69 Å². The summed E-state index contributed by atoms with van der Waals surface area (Å²) < 4.78 is 10.6. The van der Waals surface area contributed by atoms with E-state index in [9.17, 15) is 0 Å². The lowest BCUT2D eigenvalue weighted by Gasteiger charge is -2.12. The summed E-state index contributed by atoms with van der Waals surface area (Å²) in [4.78, 5) is 6.51. The SMILES string of the molecule is COc1ccc(CCNC(N)=NCCCc2ccc(N(C)C)cc2)cc1OC. The monoisotopic (exact) mass is 384 g/mol. The first-order valence-electron chi connectivity index (χ1n) is 9.54. The van der Waals surface area contributed by atoms with Crippen LogP contribution in [-0.2, 0) is 12.8 Å². The second-order valence-electron chi connectivity index (χ2n) is 6.80. The maximum absolute atomic E-state index is 5.96. The van der Waals surface area contributed by atoms with Crippen LogP contribution in [0.15, 0.2) is 47.5 Å². The summed E-state index contributed by atoms with van der Waals surface area (Å²) in [6.45, 7) is 1.43. The summed E-state index contributed by atoms with van der Waals surface area (Å²) in [5.74, 6) is 1.96. The minimum atomic E-state index is 0.489. The number of benzene rings is 2. The van der Waals surface area contributed by atoms with Gasteiger partial charge in [-0.05, 0) is 54.7 Å². The highest BCUT2D eigenvalue weighted by Crippen LogP contribution is 2.27. The zero-order valence-electron chi connectivity index (χ0n) is 17.4. The Morgan fingerprint density at radius 2 is 1.64 bits per heavy atom. The molecule has 2 aromatic carbocycles. The highest BCUT2D eigenvalue weighted by molar-refractivity contribution is 5.77. The van der Waals surface area contributed by atoms with Gasteiger partial charge in [0.15, 0.2) is 17.5 Å². The summed E-state index contributed by atoms with van der Waals surface area (Å²) in [6, 6.07) is 14.5. The van der Waals surface area contributed by atoms with Crippen LogP contribution in [0.2, 0.25) is 0 Å². The first-order valence-corrected chi connectivity index (χ1v) is 9.54. The van der Waals surface area contributed by atoms with Crippen molar-refractivity contribution in [3.05, 3.63) is 53.6 Å². The largest absolute Gasteiger partial charge is 0.493 e. The molecule has 6 nitrogen and oxygen atoms in total. The number of hydrogen-bond acceptors (Lipinski definition) is 4. The Hall–Kier alpha value is -2.89. The average molecular weight is 385 g/mol. The molecule has 2 rings (SSSR count). The topological polar surface area (TPSA) is 72.1 Å². The zero-order chi connectivity index (χ0) is 20.4. The Balaban J connectivity index is 1.70. The molecule has 152 valence electrons. The number of methoxy groups -OCH3 is 2. The number of guanidine groups is 1. The van der Waals surface area contributed by atoms with Crippen LogP contribution in [0.5, 0.6) is 11.5 Å². The molecule has 0 aliphatic carbocycles. The third-order valence-electron chi connectivity index (χ3n) is 4.53. The molecule has 0 atom stereocenters. The Kier molecular flexibility index (Phi) is 8.46. The number of nitrogens with two attached hydrogens (primary N) is 1. The van der Waals surface area contributed by atoms with Crippen molar-refractivity contribution in [2.45, 2.75) is 19.3 Å². The Labute approximate surface area is 168 Å². The smallest absolute Gasteiger partial charge is 0.188 e. The molecule has 0 heterocycles. The first-order chi connectivity index (χ1) is 13.5. The summed E-state index contributed by atoms with van der Waals surface area (Å²) in [7, 11) is 7.37. The van der Waals surface area contributed by atoms with Gasteiger partial charge >= 0.3 is 0 Å². The van der Waals surface area contributed by atoms with Gasteiger partial charge in [0.25, 0.3) is 0 Å². The number of anilines is 1. The lowest BCUT2D eigenvalue weighted by molar-refractivity contribution is 0.354. The molecule has 0 radical (unpaired) electrons. The van der Waals surface area contributed by atoms with Gasteiger partial charge in [0.05, 0.1) is 14.2 Å². The number of rotatable bonds is 10. The predicted octanol–water partition coefficient (Wildman–Crippen LogP) is 2.85. The number of ether oxygens (including phenoxy) is 2. The fraction of sp³-hybridized carbons (Fsp3) is 0.409. The molecule has 6 heteroatoms. The quantitative estimate of drug-likeness (QED) is 0.374. The van der Waals surface area contributed by atoms with Gasteiger partial charge < -0.3 is 25.4 Å². The van der Waals surface area contributed by atoms with E-state index in [0.29, 0.717) is 12.5 Å². The van der Waals surface area contributed by atoms with Crippen molar-refractivity contribution in [1.29, 1.82) is 0 Å². The molecule has 0 amide bonds. The van der Waals surface area contributed by atoms with Crippen molar-refractivity contribution < 1.29 is 9.47 Å². The minimum absolute atomic E-state index is 0.489. The van der Waals surface area contributed by atoms with Gasteiger partial charge in [-0.1, -0.05) is 18.2 Å². The van der Waals surface area contributed by atoms with Gasteiger partial charge in [-0.25, -0.2) is 0 Å². The summed E-state index contributed by atoms with van der Waals surface area (Å²) in [5.41, 5.74) is 9.65. The van der Waals surface area contributed by atoms with E-state index in [0.717, 1.165) is 42.9 Å². The molecule has 0 spiro atoms. The Bertz CT molecular complexity index is 758. The molecule has 2 aromatic rings. The number of nitrogens with one attached hydrogen (secondary N) is 1. The summed E-state index contributed by atoms with van der Waals surface area (Å²) in [5, 5.41) is 3.17. The van der Waals surface area contributed by atoms with Crippen molar-refractivity contribution >= 4 is 11.6 Å². The fourth-order valence-corrected chi connectivity index (χ4v) is 2.87. The molecule has 3 N–H and O–H groups in total. The van der Waals surface area contributed by atoms with Crippen molar-refractivity contribution in [2.24, 2.45) is 10.7 Å². The molecule has 0 bridgehead atoms.